The number of rotatable bonds is 6. The smallest absolute Gasteiger partial charge is 0.119 e. The Morgan fingerprint density at radius 3 is 2.41 bits per heavy atom. The van der Waals surface area contributed by atoms with Crippen molar-refractivity contribution in [1.82, 2.24) is 15.3 Å². The number of nitrogens with zero attached hydrogens (tertiary/aromatic N) is 1. The van der Waals surface area contributed by atoms with Gasteiger partial charge in [0.15, 0.2) is 0 Å². The van der Waals surface area contributed by atoms with E-state index in [9.17, 15) is 0 Å². The SMILES string of the molecule is CNCc1c[nH]c2cc(Nc3ccc(-c4cccc(OC)c4)cc3)ccc12.Sc1cccnc1. The molecule has 0 unspecified atom stereocenters. The van der Waals surface area contributed by atoms with E-state index in [2.05, 4.69) is 88.0 Å². The summed E-state index contributed by atoms with van der Waals surface area (Å²) >= 11 is 4.02. The molecule has 6 heteroatoms. The van der Waals surface area contributed by atoms with Crippen LogP contribution >= 0.6 is 12.6 Å². The highest BCUT2D eigenvalue weighted by atomic mass is 32.1. The standard InChI is InChI=1S/C23H23N3O.C5H5NS/c1-24-14-18-15-25-23-13-20(10-11-22(18)23)26-19-8-6-16(7-9-19)17-4-3-5-21(12-17)27-2;7-5-2-1-3-6-4-5/h3-13,15,24-26H,14H2,1-2H3;1-4,7H. The number of benzene rings is 3. The van der Waals surface area contributed by atoms with Crippen molar-refractivity contribution in [1.29, 1.82) is 0 Å². The number of fused-ring (bicyclic) bond motifs is 1. The summed E-state index contributed by atoms with van der Waals surface area (Å²) in [7, 11) is 3.65. The van der Waals surface area contributed by atoms with Crippen LogP contribution in [-0.2, 0) is 6.54 Å². The molecule has 0 saturated heterocycles. The fourth-order valence-electron chi connectivity index (χ4n) is 3.67. The lowest BCUT2D eigenvalue weighted by Gasteiger charge is -2.09. The molecule has 172 valence electrons. The minimum atomic E-state index is 0.860. The number of H-pyrrole nitrogens is 1. The zero-order chi connectivity index (χ0) is 23.8. The van der Waals surface area contributed by atoms with Crippen LogP contribution in [0.15, 0.2) is 102 Å². The zero-order valence-electron chi connectivity index (χ0n) is 19.2. The lowest BCUT2D eigenvalue weighted by atomic mass is 10.1. The topological polar surface area (TPSA) is 62.0 Å². The molecule has 0 bridgehead atoms. The van der Waals surface area contributed by atoms with Crippen LogP contribution in [0.3, 0.4) is 0 Å². The van der Waals surface area contributed by atoms with Crippen molar-refractivity contribution >= 4 is 34.9 Å². The summed E-state index contributed by atoms with van der Waals surface area (Å²) in [6, 6.07) is 26.7. The maximum Gasteiger partial charge on any atom is 0.119 e. The van der Waals surface area contributed by atoms with Crippen molar-refractivity contribution in [3.8, 4) is 16.9 Å². The average Bonchev–Trinajstić information content (AvgIpc) is 3.28. The Hall–Kier alpha value is -3.74. The average molecular weight is 469 g/mol. The molecule has 2 aromatic heterocycles. The molecule has 5 aromatic rings. The van der Waals surface area contributed by atoms with Gasteiger partial charge < -0.3 is 20.4 Å². The summed E-state index contributed by atoms with van der Waals surface area (Å²) in [5, 5.41) is 7.93. The van der Waals surface area contributed by atoms with E-state index in [1.165, 1.54) is 10.9 Å². The van der Waals surface area contributed by atoms with Crippen LogP contribution in [-0.4, -0.2) is 24.1 Å². The Balaban J connectivity index is 0.000000336. The van der Waals surface area contributed by atoms with Crippen molar-refractivity contribution < 1.29 is 4.74 Å². The minimum Gasteiger partial charge on any atom is -0.497 e. The third-order valence-corrected chi connectivity index (χ3v) is 5.62. The summed E-state index contributed by atoms with van der Waals surface area (Å²) in [4.78, 5) is 8.06. The molecule has 3 aromatic carbocycles. The lowest BCUT2D eigenvalue weighted by molar-refractivity contribution is 0.415. The van der Waals surface area contributed by atoms with Gasteiger partial charge in [-0.25, -0.2) is 0 Å². The van der Waals surface area contributed by atoms with Crippen LogP contribution in [0.4, 0.5) is 11.4 Å². The Kier molecular flexibility index (Phi) is 7.86. The molecule has 0 atom stereocenters. The first kappa shape index (κ1) is 23.4. The van der Waals surface area contributed by atoms with E-state index in [0.29, 0.717) is 0 Å². The van der Waals surface area contributed by atoms with Crippen LogP contribution in [0, 0.1) is 0 Å². The number of hydrogen-bond acceptors (Lipinski definition) is 5. The van der Waals surface area contributed by atoms with Gasteiger partial charge in [-0.15, -0.1) is 12.6 Å². The Morgan fingerprint density at radius 2 is 1.74 bits per heavy atom. The van der Waals surface area contributed by atoms with Gasteiger partial charge in [0.05, 0.1) is 7.11 Å². The monoisotopic (exact) mass is 468 g/mol. The number of aromatic nitrogens is 2. The third-order valence-electron chi connectivity index (χ3n) is 5.36. The molecule has 5 nitrogen and oxygen atoms in total. The van der Waals surface area contributed by atoms with Crippen molar-refractivity contribution in [2.75, 3.05) is 19.5 Å². The van der Waals surface area contributed by atoms with E-state index < -0.39 is 0 Å². The summed E-state index contributed by atoms with van der Waals surface area (Å²) in [6.45, 7) is 0.860. The van der Waals surface area contributed by atoms with E-state index in [1.54, 1.807) is 19.5 Å². The highest BCUT2D eigenvalue weighted by Gasteiger charge is 2.05. The van der Waals surface area contributed by atoms with E-state index in [0.717, 1.165) is 45.2 Å². The molecule has 0 aliphatic carbocycles. The number of nitrogens with one attached hydrogen (secondary N) is 3. The van der Waals surface area contributed by atoms with Crippen LogP contribution in [0.1, 0.15) is 5.56 Å². The van der Waals surface area contributed by atoms with Crippen LogP contribution in [0.25, 0.3) is 22.0 Å². The second-order valence-corrected chi connectivity index (χ2v) is 8.27. The Bertz CT molecular complexity index is 1330. The molecule has 0 saturated carbocycles. The predicted molar refractivity (Wildman–Crippen MR) is 144 cm³/mol. The van der Waals surface area contributed by atoms with Gasteiger partial charge in [-0.1, -0.05) is 30.3 Å². The van der Waals surface area contributed by atoms with Gasteiger partial charge in [-0.2, -0.15) is 0 Å². The summed E-state index contributed by atoms with van der Waals surface area (Å²) in [5.41, 5.74) is 6.85. The van der Waals surface area contributed by atoms with Gasteiger partial charge in [-0.3, -0.25) is 4.98 Å². The molecule has 3 N–H and O–H groups in total. The van der Waals surface area contributed by atoms with Gasteiger partial charge in [0.1, 0.15) is 5.75 Å². The second-order valence-electron chi connectivity index (χ2n) is 7.75. The first-order valence-corrected chi connectivity index (χ1v) is 11.5. The third kappa shape index (κ3) is 5.98. The molecular formula is C28H28N4OS. The minimum absolute atomic E-state index is 0.860. The molecule has 0 fully saturated rings. The van der Waals surface area contributed by atoms with Crippen molar-refractivity contribution in [2.24, 2.45) is 0 Å². The van der Waals surface area contributed by atoms with E-state index in [4.69, 9.17) is 4.74 Å². The number of aromatic amines is 1. The summed E-state index contributed by atoms with van der Waals surface area (Å²) < 4.78 is 5.31. The van der Waals surface area contributed by atoms with Crippen LogP contribution < -0.4 is 15.4 Å². The molecular weight excluding hydrogens is 440 g/mol. The number of ether oxygens (including phenoxy) is 1. The van der Waals surface area contributed by atoms with Gasteiger partial charge in [0.25, 0.3) is 0 Å². The van der Waals surface area contributed by atoms with Crippen molar-refractivity contribution in [2.45, 2.75) is 11.4 Å². The number of hydrogen-bond donors (Lipinski definition) is 4. The number of anilines is 2. The summed E-state index contributed by atoms with van der Waals surface area (Å²) in [5.74, 6) is 0.867. The Morgan fingerprint density at radius 1 is 0.912 bits per heavy atom. The molecule has 0 aliphatic heterocycles. The number of methoxy groups -OCH3 is 1. The molecule has 5 rings (SSSR count). The maximum absolute atomic E-state index is 5.31. The van der Waals surface area contributed by atoms with Crippen LogP contribution in [0.2, 0.25) is 0 Å². The Labute approximate surface area is 205 Å². The summed E-state index contributed by atoms with van der Waals surface area (Å²) in [6.07, 6.45) is 5.48. The first-order valence-electron chi connectivity index (χ1n) is 11.0. The van der Waals surface area contributed by atoms with Gasteiger partial charge in [-0.05, 0) is 72.3 Å². The largest absolute Gasteiger partial charge is 0.497 e. The van der Waals surface area contributed by atoms with Gasteiger partial charge in [0, 0.05) is 52.3 Å². The predicted octanol–water partition coefficient (Wildman–Crippen LogP) is 6.68. The second kappa shape index (κ2) is 11.4. The lowest BCUT2D eigenvalue weighted by Crippen LogP contribution is -2.03. The van der Waals surface area contributed by atoms with Gasteiger partial charge in [0.2, 0.25) is 0 Å². The highest BCUT2D eigenvalue weighted by molar-refractivity contribution is 7.80. The molecule has 34 heavy (non-hydrogen) atoms. The molecule has 0 spiro atoms. The van der Waals surface area contributed by atoms with Crippen molar-refractivity contribution in [3.63, 3.8) is 0 Å². The maximum atomic E-state index is 5.31. The van der Waals surface area contributed by atoms with Gasteiger partial charge >= 0.3 is 0 Å². The quantitative estimate of drug-likeness (QED) is 0.210. The van der Waals surface area contributed by atoms with E-state index in [-0.39, 0.29) is 0 Å². The molecule has 0 radical (unpaired) electrons. The molecule has 2 heterocycles. The normalized spacial score (nSPS) is 10.4. The van der Waals surface area contributed by atoms with E-state index >= 15 is 0 Å². The van der Waals surface area contributed by atoms with Crippen molar-refractivity contribution in [3.05, 3.63) is 103 Å². The fourth-order valence-corrected chi connectivity index (χ4v) is 3.82. The van der Waals surface area contributed by atoms with Crippen LogP contribution in [0.5, 0.6) is 5.75 Å². The van der Waals surface area contributed by atoms with E-state index in [1.807, 2.05) is 37.4 Å². The molecule has 0 amide bonds. The number of thiol groups is 1. The zero-order valence-corrected chi connectivity index (χ0v) is 20.1. The first-order chi connectivity index (χ1) is 16.7. The highest BCUT2D eigenvalue weighted by Crippen LogP contribution is 2.27. The fraction of sp³-hybridized carbons (Fsp3) is 0.107. The molecule has 0 aliphatic rings. The number of pyridine rings is 1.